The van der Waals surface area contributed by atoms with Gasteiger partial charge in [0, 0.05) is 37.7 Å². The Hall–Kier alpha value is -1.83. The summed E-state index contributed by atoms with van der Waals surface area (Å²) in [5.41, 5.74) is 2.72. The molecule has 94 valence electrons. The average molecular weight is 243 g/mol. The molecule has 2 rings (SSSR count). The van der Waals surface area contributed by atoms with E-state index in [0.717, 1.165) is 36.2 Å². The molecular formula is C14H17N3O. The van der Waals surface area contributed by atoms with Crippen LogP contribution in [0, 0.1) is 11.3 Å². The van der Waals surface area contributed by atoms with Gasteiger partial charge in [-0.2, -0.15) is 5.26 Å². The Bertz CT molecular complexity index is 568. The van der Waals surface area contributed by atoms with Crippen LogP contribution in [0.4, 0.5) is 0 Å². The maximum absolute atomic E-state index is 9.27. The fourth-order valence-corrected chi connectivity index (χ4v) is 2.14. The topological polar surface area (TPSA) is 51.7 Å². The molecule has 1 N–H and O–H groups in total. The Labute approximate surface area is 107 Å². The number of aromatic nitrogens is 1. The maximum atomic E-state index is 9.27. The van der Waals surface area contributed by atoms with E-state index in [-0.39, 0.29) is 6.61 Å². The second-order valence-corrected chi connectivity index (χ2v) is 4.45. The van der Waals surface area contributed by atoms with Gasteiger partial charge in [0.15, 0.2) is 0 Å². The summed E-state index contributed by atoms with van der Waals surface area (Å²) in [6.45, 7) is 1.76. The Morgan fingerprint density at radius 1 is 1.44 bits per heavy atom. The number of hydrogen-bond donors (Lipinski definition) is 1. The highest BCUT2D eigenvalue weighted by molar-refractivity contribution is 5.65. The normalized spacial score (nSPS) is 11.0. The Kier molecular flexibility index (Phi) is 3.98. The minimum atomic E-state index is 0.202. The van der Waals surface area contributed by atoms with Crippen LogP contribution in [-0.4, -0.2) is 34.6 Å². The monoisotopic (exact) mass is 243 g/mol. The van der Waals surface area contributed by atoms with Gasteiger partial charge in [-0.05, 0) is 25.6 Å². The number of rotatable bonds is 5. The first kappa shape index (κ1) is 12.6. The molecule has 0 radical (unpaired) electrons. The first-order valence-corrected chi connectivity index (χ1v) is 6.04. The average Bonchev–Trinajstić information content (AvgIpc) is 2.73. The zero-order valence-corrected chi connectivity index (χ0v) is 10.5. The molecule has 0 aromatic carbocycles. The molecule has 0 aliphatic rings. The highest BCUT2D eigenvalue weighted by Crippen LogP contribution is 2.18. The van der Waals surface area contributed by atoms with Crippen LogP contribution in [-0.2, 0) is 6.54 Å². The largest absolute Gasteiger partial charge is 0.396 e. The van der Waals surface area contributed by atoms with Crippen molar-refractivity contribution in [2.45, 2.75) is 13.0 Å². The lowest BCUT2D eigenvalue weighted by Gasteiger charge is -2.14. The van der Waals surface area contributed by atoms with Crippen LogP contribution in [0.5, 0.6) is 0 Å². The Morgan fingerprint density at radius 2 is 2.28 bits per heavy atom. The van der Waals surface area contributed by atoms with E-state index >= 15 is 0 Å². The molecule has 2 aromatic heterocycles. The molecule has 0 unspecified atom stereocenters. The highest BCUT2D eigenvalue weighted by Gasteiger charge is 2.11. The number of aliphatic hydroxyl groups excluding tert-OH is 1. The molecule has 0 bridgehead atoms. The number of hydrogen-bond acceptors (Lipinski definition) is 3. The quantitative estimate of drug-likeness (QED) is 0.868. The van der Waals surface area contributed by atoms with Gasteiger partial charge < -0.3 is 14.4 Å². The van der Waals surface area contributed by atoms with E-state index in [2.05, 4.69) is 11.0 Å². The molecule has 0 saturated carbocycles. The second-order valence-electron chi connectivity index (χ2n) is 4.45. The van der Waals surface area contributed by atoms with Gasteiger partial charge in [-0.1, -0.05) is 6.07 Å². The third-order valence-electron chi connectivity index (χ3n) is 3.01. The minimum Gasteiger partial charge on any atom is -0.396 e. The van der Waals surface area contributed by atoms with Crippen molar-refractivity contribution in [2.75, 3.05) is 20.2 Å². The van der Waals surface area contributed by atoms with E-state index in [1.165, 1.54) is 0 Å². The van der Waals surface area contributed by atoms with Crippen molar-refractivity contribution in [3.8, 4) is 6.07 Å². The van der Waals surface area contributed by atoms with Gasteiger partial charge in [0.05, 0.1) is 11.1 Å². The van der Waals surface area contributed by atoms with Crippen molar-refractivity contribution in [1.29, 1.82) is 5.26 Å². The highest BCUT2D eigenvalue weighted by atomic mass is 16.3. The predicted molar refractivity (Wildman–Crippen MR) is 70.1 cm³/mol. The molecule has 4 nitrogen and oxygen atoms in total. The molecule has 2 heterocycles. The third-order valence-corrected chi connectivity index (χ3v) is 3.01. The van der Waals surface area contributed by atoms with E-state index in [0.29, 0.717) is 0 Å². The zero-order chi connectivity index (χ0) is 13.0. The maximum Gasteiger partial charge on any atom is 0.102 e. The van der Waals surface area contributed by atoms with Crippen LogP contribution in [0.3, 0.4) is 0 Å². The van der Waals surface area contributed by atoms with Crippen molar-refractivity contribution in [3.63, 3.8) is 0 Å². The molecule has 0 aliphatic heterocycles. The zero-order valence-electron chi connectivity index (χ0n) is 10.5. The van der Waals surface area contributed by atoms with Crippen LogP contribution >= 0.6 is 0 Å². The summed E-state index contributed by atoms with van der Waals surface area (Å²) in [7, 11) is 2.00. The number of nitrogens with zero attached hydrogens (tertiary/aromatic N) is 3. The van der Waals surface area contributed by atoms with Crippen molar-refractivity contribution in [3.05, 3.63) is 41.7 Å². The first-order chi connectivity index (χ1) is 8.76. The van der Waals surface area contributed by atoms with Crippen LogP contribution in [0.1, 0.15) is 17.5 Å². The van der Waals surface area contributed by atoms with Crippen molar-refractivity contribution >= 4 is 5.52 Å². The third kappa shape index (κ3) is 2.53. The fourth-order valence-electron chi connectivity index (χ4n) is 2.14. The summed E-state index contributed by atoms with van der Waals surface area (Å²) in [6.07, 6.45) is 4.71. The van der Waals surface area contributed by atoms with E-state index in [1.807, 2.05) is 42.0 Å². The Morgan fingerprint density at radius 3 is 3.00 bits per heavy atom. The lowest BCUT2D eigenvalue weighted by molar-refractivity contribution is 0.244. The number of fused-ring (bicyclic) bond motifs is 1. The minimum absolute atomic E-state index is 0.202. The Balaban J connectivity index is 2.25. The SMILES string of the molecule is CN(CCCO)Cc1cn2ccccc2c1C#N. The lowest BCUT2D eigenvalue weighted by atomic mass is 10.1. The van der Waals surface area contributed by atoms with Gasteiger partial charge in [0.2, 0.25) is 0 Å². The lowest BCUT2D eigenvalue weighted by Crippen LogP contribution is -2.20. The first-order valence-electron chi connectivity index (χ1n) is 6.04. The van der Waals surface area contributed by atoms with Gasteiger partial charge in [-0.3, -0.25) is 0 Å². The van der Waals surface area contributed by atoms with E-state index in [1.54, 1.807) is 0 Å². The van der Waals surface area contributed by atoms with Crippen LogP contribution in [0.25, 0.3) is 5.52 Å². The molecular weight excluding hydrogens is 226 g/mol. The molecule has 0 saturated heterocycles. The van der Waals surface area contributed by atoms with E-state index in [4.69, 9.17) is 5.11 Å². The van der Waals surface area contributed by atoms with Crippen molar-refractivity contribution < 1.29 is 5.11 Å². The summed E-state index contributed by atoms with van der Waals surface area (Å²) in [5, 5.41) is 18.1. The fraction of sp³-hybridized carbons (Fsp3) is 0.357. The van der Waals surface area contributed by atoms with Crippen LogP contribution in [0.15, 0.2) is 30.6 Å². The molecule has 2 aromatic rings. The summed E-state index contributed by atoms with van der Waals surface area (Å²) in [5.74, 6) is 0. The van der Waals surface area contributed by atoms with Crippen molar-refractivity contribution in [2.24, 2.45) is 0 Å². The number of aliphatic hydroxyl groups is 1. The summed E-state index contributed by atoms with van der Waals surface area (Å²) in [6, 6.07) is 8.13. The molecule has 4 heteroatoms. The van der Waals surface area contributed by atoms with E-state index in [9.17, 15) is 5.26 Å². The van der Waals surface area contributed by atoms with Gasteiger partial charge in [0.1, 0.15) is 6.07 Å². The van der Waals surface area contributed by atoms with Gasteiger partial charge in [0.25, 0.3) is 0 Å². The molecule has 0 aliphatic carbocycles. The van der Waals surface area contributed by atoms with Gasteiger partial charge >= 0.3 is 0 Å². The molecule has 18 heavy (non-hydrogen) atoms. The molecule has 0 amide bonds. The predicted octanol–water partition coefficient (Wildman–Crippen LogP) is 1.63. The smallest absolute Gasteiger partial charge is 0.102 e. The standard InChI is InChI=1S/C14H17N3O/c1-16(6-4-8-18)10-12-11-17-7-3-2-5-14(17)13(12)9-15/h2-3,5,7,11,18H,4,6,8,10H2,1H3. The van der Waals surface area contributed by atoms with Crippen LogP contribution in [0.2, 0.25) is 0 Å². The second kappa shape index (κ2) is 5.67. The molecule has 0 atom stereocenters. The molecule has 0 spiro atoms. The number of pyridine rings is 1. The van der Waals surface area contributed by atoms with E-state index < -0.39 is 0 Å². The van der Waals surface area contributed by atoms with Crippen LogP contribution < -0.4 is 0 Å². The summed E-state index contributed by atoms with van der Waals surface area (Å²) in [4.78, 5) is 2.12. The summed E-state index contributed by atoms with van der Waals surface area (Å²) < 4.78 is 1.98. The number of nitriles is 1. The summed E-state index contributed by atoms with van der Waals surface area (Å²) >= 11 is 0. The van der Waals surface area contributed by atoms with Crippen molar-refractivity contribution in [1.82, 2.24) is 9.30 Å². The van der Waals surface area contributed by atoms with Gasteiger partial charge in [-0.15, -0.1) is 0 Å². The van der Waals surface area contributed by atoms with Gasteiger partial charge in [-0.25, -0.2) is 0 Å². The molecule has 0 fully saturated rings.